The van der Waals surface area contributed by atoms with Gasteiger partial charge in [-0.3, -0.25) is 9.59 Å². The molecule has 0 aliphatic heterocycles. The minimum absolute atomic E-state index is 0.0370. The molecule has 0 aromatic heterocycles. The van der Waals surface area contributed by atoms with Crippen LogP contribution in [0.1, 0.15) is 99.8 Å². The van der Waals surface area contributed by atoms with E-state index in [0.29, 0.717) is 24.2 Å². The molecule has 5 aliphatic rings. The van der Waals surface area contributed by atoms with Crippen molar-refractivity contribution in [3.05, 3.63) is 11.6 Å². The van der Waals surface area contributed by atoms with Crippen molar-refractivity contribution >= 4 is 11.8 Å². The van der Waals surface area contributed by atoms with Crippen LogP contribution in [0.15, 0.2) is 11.6 Å². The predicted molar refractivity (Wildman–Crippen MR) is 133 cm³/mol. The summed E-state index contributed by atoms with van der Waals surface area (Å²) in [5.74, 6) is 0.656. The Kier molecular flexibility index (Phi) is 5.20. The molecule has 190 valence electrons. The number of carbonyl (C=O) groups is 2. The van der Waals surface area contributed by atoms with Crippen molar-refractivity contribution in [2.24, 2.45) is 56.7 Å². The van der Waals surface area contributed by atoms with Gasteiger partial charge in [-0.1, -0.05) is 47.1 Å². The maximum Gasteiger partial charge on any atom is 0.312 e. The van der Waals surface area contributed by atoms with Gasteiger partial charge in [-0.2, -0.15) is 0 Å². The van der Waals surface area contributed by atoms with Crippen LogP contribution in [0.2, 0.25) is 0 Å². The Balaban J connectivity index is 1.65. The topological polar surface area (TPSA) is 74.6 Å². The summed E-state index contributed by atoms with van der Waals surface area (Å²) in [6.45, 7) is 16.0. The van der Waals surface area contributed by atoms with E-state index in [0.717, 1.165) is 25.7 Å². The van der Waals surface area contributed by atoms with E-state index in [4.69, 9.17) is 0 Å². The van der Waals surface area contributed by atoms with Gasteiger partial charge in [0, 0.05) is 5.92 Å². The molecule has 4 saturated carbocycles. The third kappa shape index (κ3) is 2.70. The molecule has 4 heteroatoms. The molecule has 2 unspecified atom stereocenters. The number of hydrogen-bond acceptors (Lipinski definition) is 3. The van der Waals surface area contributed by atoms with Crippen molar-refractivity contribution in [1.29, 1.82) is 0 Å². The summed E-state index contributed by atoms with van der Waals surface area (Å²) in [6.07, 6.45) is 8.89. The highest BCUT2D eigenvalue weighted by molar-refractivity contribution is 5.96. The van der Waals surface area contributed by atoms with E-state index in [1.807, 2.05) is 0 Å². The number of allylic oxidation sites excluding steroid dienone is 2. The van der Waals surface area contributed by atoms with Gasteiger partial charge >= 0.3 is 5.97 Å². The molecule has 4 fully saturated rings. The van der Waals surface area contributed by atoms with Gasteiger partial charge in [0.05, 0.1) is 11.5 Å². The van der Waals surface area contributed by atoms with E-state index in [-0.39, 0.29) is 33.9 Å². The number of carboxylic acids is 1. The van der Waals surface area contributed by atoms with Crippen LogP contribution in [0.5, 0.6) is 0 Å². The number of hydrogen-bond donors (Lipinski definition) is 2. The number of carbonyl (C=O) groups excluding carboxylic acids is 1. The molecular formula is C30H46O4. The van der Waals surface area contributed by atoms with Gasteiger partial charge in [0.2, 0.25) is 0 Å². The predicted octanol–water partition coefficient (Wildman–Crippen LogP) is 6.27. The molecule has 0 aromatic carbocycles. The first-order valence-electron chi connectivity index (χ1n) is 13.8. The highest BCUT2D eigenvalue weighted by Crippen LogP contribution is 2.75. The molecule has 34 heavy (non-hydrogen) atoms. The third-order valence-electron chi connectivity index (χ3n) is 13.2. The summed E-state index contributed by atoms with van der Waals surface area (Å²) >= 11 is 0. The summed E-state index contributed by atoms with van der Waals surface area (Å²) < 4.78 is 0. The Hall–Kier alpha value is -1.16. The lowest BCUT2D eigenvalue weighted by atomic mass is 9.33. The average molecular weight is 471 g/mol. The van der Waals surface area contributed by atoms with Gasteiger partial charge in [-0.25, -0.2) is 0 Å². The summed E-state index contributed by atoms with van der Waals surface area (Å²) in [7, 11) is 0. The Morgan fingerprint density at radius 2 is 1.62 bits per heavy atom. The summed E-state index contributed by atoms with van der Waals surface area (Å²) in [5.41, 5.74) is -0.124. The highest BCUT2D eigenvalue weighted by atomic mass is 16.4. The Morgan fingerprint density at radius 3 is 2.26 bits per heavy atom. The lowest BCUT2D eigenvalue weighted by molar-refractivity contribution is -0.215. The monoisotopic (exact) mass is 470 g/mol. The molecule has 0 radical (unpaired) electrons. The van der Waals surface area contributed by atoms with Crippen molar-refractivity contribution < 1.29 is 19.8 Å². The number of rotatable bonds is 1. The van der Waals surface area contributed by atoms with Gasteiger partial charge in [0.1, 0.15) is 0 Å². The van der Waals surface area contributed by atoms with Crippen LogP contribution >= 0.6 is 0 Å². The third-order valence-corrected chi connectivity index (χ3v) is 13.2. The lowest BCUT2D eigenvalue weighted by Gasteiger charge is -2.70. The minimum atomic E-state index is -1.20. The zero-order valence-electron chi connectivity index (χ0n) is 22.4. The number of aliphatic hydroxyl groups excluding tert-OH is 1. The number of aliphatic carboxylic acids is 1. The Morgan fingerprint density at radius 1 is 0.941 bits per heavy atom. The van der Waals surface area contributed by atoms with Crippen LogP contribution in [0.25, 0.3) is 0 Å². The van der Waals surface area contributed by atoms with Gasteiger partial charge in [-0.15, -0.1) is 0 Å². The summed E-state index contributed by atoms with van der Waals surface area (Å²) in [4.78, 5) is 26.7. The fourth-order valence-electron chi connectivity index (χ4n) is 10.7. The lowest BCUT2D eigenvalue weighted by Crippen LogP contribution is -2.68. The SMILES string of the molecule is C[C@H]1[C@H](C)CC[C@]2(C)CC[C@]3(C)C(=CC(=O)[C@@H]4[C@@]5(C)CC[C@H](O)C(C)(C(=O)O)C5CC[C@]43C)[C@H]12. The Bertz CT molecular complexity index is 953. The van der Waals surface area contributed by atoms with Crippen molar-refractivity contribution in [3.63, 3.8) is 0 Å². The van der Waals surface area contributed by atoms with Crippen molar-refractivity contribution in [1.82, 2.24) is 0 Å². The summed E-state index contributed by atoms with van der Waals surface area (Å²) in [6, 6.07) is 0. The molecule has 2 N–H and O–H groups in total. The number of fused-ring (bicyclic) bond motifs is 7. The first-order valence-corrected chi connectivity index (χ1v) is 13.8. The van der Waals surface area contributed by atoms with E-state index in [1.165, 1.54) is 24.8 Å². The molecule has 4 nitrogen and oxygen atoms in total. The fourth-order valence-corrected chi connectivity index (χ4v) is 10.7. The first-order chi connectivity index (χ1) is 15.7. The van der Waals surface area contributed by atoms with E-state index in [9.17, 15) is 19.8 Å². The van der Waals surface area contributed by atoms with Crippen LogP contribution in [-0.4, -0.2) is 28.1 Å². The number of carboxylic acid groups (broad SMARTS) is 1. The molecule has 0 aromatic rings. The van der Waals surface area contributed by atoms with Gasteiger partial charge in [0.15, 0.2) is 5.78 Å². The van der Waals surface area contributed by atoms with Crippen LogP contribution in [0, 0.1) is 56.7 Å². The molecule has 5 aliphatic carbocycles. The molecule has 5 rings (SSSR count). The molecular weight excluding hydrogens is 424 g/mol. The number of ketones is 1. The zero-order valence-corrected chi connectivity index (χ0v) is 22.4. The van der Waals surface area contributed by atoms with Crippen LogP contribution in [-0.2, 0) is 9.59 Å². The summed E-state index contributed by atoms with van der Waals surface area (Å²) in [5, 5.41) is 21.1. The fraction of sp³-hybridized carbons (Fsp3) is 0.867. The van der Waals surface area contributed by atoms with E-state index >= 15 is 0 Å². The van der Waals surface area contributed by atoms with E-state index < -0.39 is 22.9 Å². The minimum Gasteiger partial charge on any atom is -0.481 e. The quantitative estimate of drug-likeness (QED) is 0.474. The first kappa shape index (κ1) is 24.5. The maximum absolute atomic E-state index is 14.2. The molecule has 0 amide bonds. The second-order valence-corrected chi connectivity index (χ2v) is 14.4. The van der Waals surface area contributed by atoms with Gasteiger partial charge < -0.3 is 10.2 Å². The van der Waals surface area contributed by atoms with Crippen molar-refractivity contribution in [2.75, 3.05) is 0 Å². The van der Waals surface area contributed by atoms with E-state index in [1.54, 1.807) is 6.92 Å². The second kappa shape index (κ2) is 7.20. The number of aliphatic hydroxyl groups is 1. The Labute approximate surface area is 206 Å². The normalized spacial score (nSPS) is 56.9. The molecule has 0 heterocycles. The largest absolute Gasteiger partial charge is 0.481 e. The molecule has 0 bridgehead atoms. The second-order valence-electron chi connectivity index (χ2n) is 14.4. The van der Waals surface area contributed by atoms with Gasteiger partial charge in [-0.05, 0) is 110 Å². The standard InChI is InChI=1S/C30H46O4/c1-17-8-11-26(3)14-15-28(5)19(23(26)18(17)2)16-20(31)24-27(4)12-10-22(32)30(7,25(33)34)21(27)9-13-29(24,28)6/h16-18,21-24,32H,8-15H2,1-7H3,(H,33,34)/t17-,18+,21?,22+,23+,24-,26-,27+,28-,29-,30?/m1/s1. The average Bonchev–Trinajstić information content (AvgIpc) is 2.75. The molecule has 0 saturated heterocycles. The van der Waals surface area contributed by atoms with Crippen LogP contribution in [0.3, 0.4) is 0 Å². The molecule has 11 atom stereocenters. The smallest absolute Gasteiger partial charge is 0.312 e. The van der Waals surface area contributed by atoms with Crippen LogP contribution < -0.4 is 0 Å². The highest BCUT2D eigenvalue weighted by Gasteiger charge is 2.71. The van der Waals surface area contributed by atoms with Crippen LogP contribution in [0.4, 0.5) is 0 Å². The van der Waals surface area contributed by atoms with Crippen molar-refractivity contribution in [2.45, 2.75) is 106 Å². The zero-order chi connectivity index (χ0) is 25.1. The van der Waals surface area contributed by atoms with Crippen molar-refractivity contribution in [3.8, 4) is 0 Å². The van der Waals surface area contributed by atoms with E-state index in [2.05, 4.69) is 47.6 Å². The van der Waals surface area contributed by atoms with Gasteiger partial charge in [0.25, 0.3) is 0 Å². The molecule has 0 spiro atoms. The maximum atomic E-state index is 14.2.